The molecule has 0 fully saturated rings. The van der Waals surface area contributed by atoms with Gasteiger partial charge in [-0.05, 0) is 6.42 Å². The molecule has 2 unspecified atom stereocenters. The number of hydrogen-bond donors (Lipinski definition) is 2. The zero-order chi connectivity index (χ0) is 10.3. The van der Waals surface area contributed by atoms with Crippen molar-refractivity contribution in [2.45, 2.75) is 19.4 Å². The molecule has 0 aromatic carbocycles. The molecule has 3 N–H and O–H groups in total. The third-order valence-electron chi connectivity index (χ3n) is 1.32. The number of halogens is 1. The van der Waals surface area contributed by atoms with Crippen LogP contribution in [0.15, 0.2) is 0 Å². The van der Waals surface area contributed by atoms with Crippen LogP contribution in [0.5, 0.6) is 0 Å². The normalized spacial score (nSPS) is 18.2. The smallest absolute Gasteiger partial charge is 0.327 e. The molecule has 0 radical (unpaired) electrons. The van der Waals surface area contributed by atoms with Crippen molar-refractivity contribution in [1.29, 1.82) is 0 Å². The second-order valence-corrected chi connectivity index (χ2v) is 4.74. The summed E-state index contributed by atoms with van der Waals surface area (Å²) in [5, 5.41) is 0. The van der Waals surface area contributed by atoms with Gasteiger partial charge in [0.2, 0.25) is 0 Å². The van der Waals surface area contributed by atoms with Crippen LogP contribution in [-0.4, -0.2) is 29.6 Å². The van der Waals surface area contributed by atoms with Crippen LogP contribution in [-0.2, 0) is 14.1 Å². The molecule has 0 aromatic rings. The Morgan fingerprint density at radius 3 is 2.77 bits per heavy atom. The second kappa shape index (κ2) is 6.76. The Hall–Kier alpha value is 0.360. The van der Waals surface area contributed by atoms with Gasteiger partial charge < -0.3 is 10.6 Å². The fourth-order valence-electron chi connectivity index (χ4n) is 0.607. The maximum absolute atomic E-state index is 11.1. The summed E-state index contributed by atoms with van der Waals surface area (Å²) in [4.78, 5) is 13.5. The number of nitrogens with two attached hydrogens (primary N) is 1. The Labute approximate surface area is 82.6 Å². The van der Waals surface area contributed by atoms with Crippen LogP contribution in [0.4, 0.5) is 0 Å². The summed E-state index contributed by atoms with van der Waals surface area (Å²) in [7, 11) is -3.70. The molecule has 0 heterocycles. The highest BCUT2D eigenvalue weighted by Crippen LogP contribution is 2.42. The number of alkyl halides is 1. The SMILES string of the molecule is CCC(N)CP(=O)(O)OOCCCl. The van der Waals surface area contributed by atoms with E-state index in [2.05, 4.69) is 9.56 Å². The highest BCUT2D eigenvalue weighted by molar-refractivity contribution is 7.52. The lowest BCUT2D eigenvalue weighted by Crippen LogP contribution is -2.23. The van der Waals surface area contributed by atoms with Crippen LogP contribution in [0.25, 0.3) is 0 Å². The monoisotopic (exact) mass is 231 g/mol. The predicted octanol–water partition coefficient (Wildman–Crippen LogP) is 1.10. The van der Waals surface area contributed by atoms with E-state index < -0.39 is 7.60 Å². The van der Waals surface area contributed by atoms with Crippen molar-refractivity contribution in [3.8, 4) is 0 Å². The van der Waals surface area contributed by atoms with Gasteiger partial charge in [0.1, 0.15) is 0 Å². The number of rotatable bonds is 7. The Bertz CT molecular complexity index is 180. The maximum atomic E-state index is 11.1. The summed E-state index contributed by atoms with van der Waals surface area (Å²) in [6.07, 6.45) is 0.509. The predicted molar refractivity (Wildman–Crippen MR) is 50.7 cm³/mol. The van der Waals surface area contributed by atoms with Gasteiger partial charge in [0.15, 0.2) is 0 Å². The van der Waals surface area contributed by atoms with Crippen molar-refractivity contribution in [3.63, 3.8) is 0 Å². The van der Waals surface area contributed by atoms with Crippen molar-refractivity contribution in [2.24, 2.45) is 5.73 Å². The molecule has 0 rings (SSSR count). The van der Waals surface area contributed by atoms with Crippen molar-refractivity contribution >= 4 is 19.2 Å². The average Bonchev–Trinajstić information content (AvgIpc) is 2.03. The Morgan fingerprint density at radius 2 is 2.31 bits per heavy atom. The van der Waals surface area contributed by atoms with Crippen LogP contribution < -0.4 is 5.73 Å². The zero-order valence-corrected chi connectivity index (χ0v) is 9.13. The molecule has 5 nitrogen and oxygen atoms in total. The Morgan fingerprint density at radius 1 is 1.69 bits per heavy atom. The van der Waals surface area contributed by atoms with Gasteiger partial charge in [-0.2, -0.15) is 0 Å². The van der Waals surface area contributed by atoms with E-state index in [9.17, 15) is 4.57 Å². The Balaban J connectivity index is 3.73. The van der Waals surface area contributed by atoms with Gasteiger partial charge in [-0.25, -0.2) is 4.89 Å². The lowest BCUT2D eigenvalue weighted by atomic mass is 10.3. The van der Waals surface area contributed by atoms with Gasteiger partial charge in [-0.15, -0.1) is 16.3 Å². The summed E-state index contributed by atoms with van der Waals surface area (Å²) >= 11 is 5.26. The first kappa shape index (κ1) is 13.4. The van der Waals surface area contributed by atoms with Gasteiger partial charge >= 0.3 is 7.60 Å². The van der Waals surface area contributed by atoms with E-state index >= 15 is 0 Å². The first-order valence-electron chi connectivity index (χ1n) is 3.96. The van der Waals surface area contributed by atoms with E-state index in [1.165, 1.54) is 0 Å². The van der Waals surface area contributed by atoms with Crippen LogP contribution >= 0.6 is 19.2 Å². The van der Waals surface area contributed by atoms with E-state index in [1.807, 2.05) is 6.92 Å². The van der Waals surface area contributed by atoms with Gasteiger partial charge in [0.25, 0.3) is 0 Å². The molecule has 80 valence electrons. The topological polar surface area (TPSA) is 81.8 Å². The first-order chi connectivity index (χ1) is 6.02. The van der Waals surface area contributed by atoms with Crippen molar-refractivity contribution in [2.75, 3.05) is 18.6 Å². The largest absolute Gasteiger partial charge is 0.357 e. The molecule has 0 aliphatic rings. The molecule has 0 aromatic heterocycles. The first-order valence-corrected chi connectivity index (χ1v) is 6.26. The summed E-state index contributed by atoms with van der Waals surface area (Å²) in [5.41, 5.74) is 5.47. The summed E-state index contributed by atoms with van der Waals surface area (Å²) in [6.45, 7) is 1.90. The Kier molecular flexibility index (Phi) is 6.95. The molecule has 0 bridgehead atoms. The van der Waals surface area contributed by atoms with Gasteiger partial charge in [-0.3, -0.25) is 4.57 Å². The lowest BCUT2D eigenvalue weighted by Gasteiger charge is -2.13. The van der Waals surface area contributed by atoms with Gasteiger partial charge in [0, 0.05) is 11.9 Å². The minimum Gasteiger partial charge on any atom is -0.327 e. The summed E-state index contributed by atoms with van der Waals surface area (Å²) in [5.74, 6) is 0.208. The highest BCUT2D eigenvalue weighted by Gasteiger charge is 2.23. The molecule has 2 atom stereocenters. The average molecular weight is 232 g/mol. The molecule has 0 saturated heterocycles. The summed E-state index contributed by atoms with van der Waals surface area (Å²) in [6, 6.07) is -0.351. The van der Waals surface area contributed by atoms with Crippen LogP contribution in [0.1, 0.15) is 13.3 Å². The van der Waals surface area contributed by atoms with E-state index in [-0.39, 0.29) is 24.7 Å². The minimum absolute atomic E-state index is 0.0769. The van der Waals surface area contributed by atoms with Crippen LogP contribution in [0, 0.1) is 0 Å². The van der Waals surface area contributed by atoms with E-state index in [1.54, 1.807) is 0 Å². The van der Waals surface area contributed by atoms with Gasteiger partial charge in [-0.1, -0.05) is 6.92 Å². The van der Waals surface area contributed by atoms with Crippen molar-refractivity contribution in [3.05, 3.63) is 0 Å². The van der Waals surface area contributed by atoms with E-state index in [4.69, 9.17) is 22.2 Å². The van der Waals surface area contributed by atoms with Crippen molar-refractivity contribution < 1.29 is 19.0 Å². The third kappa shape index (κ3) is 7.43. The van der Waals surface area contributed by atoms with Crippen LogP contribution in [0.3, 0.4) is 0 Å². The molecular formula is C6H15ClNO4P. The molecule has 0 spiro atoms. The molecule has 13 heavy (non-hydrogen) atoms. The van der Waals surface area contributed by atoms with Gasteiger partial charge in [0.05, 0.1) is 12.8 Å². The molecule has 7 heteroatoms. The fourth-order valence-corrected chi connectivity index (χ4v) is 1.82. The number of hydrogen-bond acceptors (Lipinski definition) is 4. The zero-order valence-electron chi connectivity index (χ0n) is 7.48. The molecular weight excluding hydrogens is 216 g/mol. The quantitative estimate of drug-likeness (QED) is 0.225. The molecule has 0 aliphatic carbocycles. The minimum atomic E-state index is -3.70. The molecule has 0 saturated carbocycles. The highest BCUT2D eigenvalue weighted by atomic mass is 35.5. The van der Waals surface area contributed by atoms with Crippen LogP contribution in [0.2, 0.25) is 0 Å². The maximum Gasteiger partial charge on any atom is 0.357 e. The van der Waals surface area contributed by atoms with E-state index in [0.29, 0.717) is 6.42 Å². The molecule has 0 aliphatic heterocycles. The van der Waals surface area contributed by atoms with Crippen molar-refractivity contribution in [1.82, 2.24) is 0 Å². The standard InChI is InChI=1S/C6H15ClNO4P/c1-2-6(8)5-13(9,10)12-11-4-3-7/h6H,2-5,8H2,1H3,(H,9,10). The second-order valence-electron chi connectivity index (χ2n) is 2.57. The van der Waals surface area contributed by atoms with E-state index in [0.717, 1.165) is 0 Å². The fraction of sp³-hybridized carbons (Fsp3) is 1.00. The molecule has 0 amide bonds. The third-order valence-corrected chi connectivity index (χ3v) is 2.74. The summed E-state index contributed by atoms with van der Waals surface area (Å²) < 4.78 is 15.4. The lowest BCUT2D eigenvalue weighted by molar-refractivity contribution is -0.207.